The molecule has 0 atom stereocenters. The highest BCUT2D eigenvalue weighted by Gasteiger charge is 2.20. The molecular formula is C14H17N3O2. The van der Waals surface area contributed by atoms with E-state index in [-0.39, 0.29) is 0 Å². The Labute approximate surface area is 111 Å². The van der Waals surface area contributed by atoms with Gasteiger partial charge >= 0.3 is 0 Å². The second-order valence-electron chi connectivity index (χ2n) is 4.89. The van der Waals surface area contributed by atoms with Crippen molar-refractivity contribution >= 4 is 11.4 Å². The van der Waals surface area contributed by atoms with Gasteiger partial charge in [-0.1, -0.05) is 13.8 Å². The molecule has 2 rings (SSSR count). The minimum absolute atomic E-state index is 0.391. The van der Waals surface area contributed by atoms with Gasteiger partial charge in [0.1, 0.15) is 11.4 Å². The fourth-order valence-electron chi connectivity index (χ4n) is 1.73. The molecule has 0 radical (unpaired) electrons. The topological polar surface area (TPSA) is 71.1 Å². The lowest BCUT2D eigenvalue weighted by Crippen LogP contribution is -2.37. The lowest BCUT2D eigenvalue weighted by atomic mass is 10.1. The number of anilines is 2. The van der Waals surface area contributed by atoms with Gasteiger partial charge in [0, 0.05) is 25.5 Å². The fourth-order valence-corrected chi connectivity index (χ4v) is 1.73. The molecule has 5 heteroatoms. The van der Waals surface area contributed by atoms with E-state index < -0.39 is 10.9 Å². The molecule has 0 bridgehead atoms. The van der Waals surface area contributed by atoms with Crippen molar-refractivity contribution in [2.75, 3.05) is 17.2 Å². The maximum atomic E-state index is 11.5. The summed E-state index contributed by atoms with van der Waals surface area (Å²) in [5, 5.41) is 6.03. The molecule has 2 N–H and O–H groups in total. The second kappa shape index (κ2) is 5.65. The van der Waals surface area contributed by atoms with Gasteiger partial charge in [-0.25, -0.2) is 0 Å². The molecule has 0 aliphatic rings. The molecule has 2 aromatic rings. The summed E-state index contributed by atoms with van der Waals surface area (Å²) in [5.41, 5.74) is 0.936. The summed E-state index contributed by atoms with van der Waals surface area (Å²) in [6.07, 6.45) is 3.38. The third kappa shape index (κ3) is 2.99. The molecule has 19 heavy (non-hydrogen) atoms. The van der Waals surface area contributed by atoms with Crippen LogP contribution >= 0.6 is 0 Å². The molecule has 0 unspecified atom stereocenters. The van der Waals surface area contributed by atoms with E-state index in [0.717, 1.165) is 5.56 Å². The number of nitrogens with zero attached hydrogens (tertiary/aromatic N) is 1. The number of rotatable bonds is 6. The van der Waals surface area contributed by atoms with Crippen LogP contribution in [0.1, 0.15) is 19.4 Å². The van der Waals surface area contributed by atoms with E-state index in [2.05, 4.69) is 15.6 Å². The van der Waals surface area contributed by atoms with Gasteiger partial charge < -0.3 is 10.6 Å². The maximum absolute atomic E-state index is 11.5. The monoisotopic (exact) mass is 259 g/mol. The van der Waals surface area contributed by atoms with Crippen LogP contribution in [0, 0.1) is 5.92 Å². The van der Waals surface area contributed by atoms with Crippen molar-refractivity contribution in [2.45, 2.75) is 20.4 Å². The zero-order valence-electron chi connectivity index (χ0n) is 11.1. The Morgan fingerprint density at radius 3 is 2.21 bits per heavy atom. The summed E-state index contributed by atoms with van der Waals surface area (Å²) < 4.78 is 0. The Morgan fingerprint density at radius 2 is 1.63 bits per heavy atom. The molecule has 0 amide bonds. The third-order valence-electron chi connectivity index (χ3n) is 2.82. The van der Waals surface area contributed by atoms with Gasteiger partial charge in [-0.3, -0.25) is 14.6 Å². The highest BCUT2D eigenvalue weighted by Crippen LogP contribution is 2.15. The molecule has 100 valence electrons. The Bertz CT molecular complexity index is 613. The van der Waals surface area contributed by atoms with E-state index in [9.17, 15) is 9.59 Å². The second-order valence-corrected chi connectivity index (χ2v) is 4.89. The van der Waals surface area contributed by atoms with Crippen molar-refractivity contribution in [1.82, 2.24) is 4.98 Å². The van der Waals surface area contributed by atoms with Crippen LogP contribution in [0.2, 0.25) is 0 Å². The Balaban J connectivity index is 2.03. The summed E-state index contributed by atoms with van der Waals surface area (Å²) in [4.78, 5) is 26.9. The molecule has 0 saturated carbocycles. The normalized spacial score (nSPS) is 10.9. The first-order valence-corrected chi connectivity index (χ1v) is 6.29. The van der Waals surface area contributed by atoms with E-state index >= 15 is 0 Å². The summed E-state index contributed by atoms with van der Waals surface area (Å²) >= 11 is 0. The van der Waals surface area contributed by atoms with Crippen LogP contribution in [0.25, 0.3) is 0 Å². The van der Waals surface area contributed by atoms with Crippen LogP contribution in [0.15, 0.2) is 34.1 Å². The summed E-state index contributed by atoms with van der Waals surface area (Å²) in [7, 11) is 0. The molecule has 1 heterocycles. The van der Waals surface area contributed by atoms with Crippen molar-refractivity contribution in [2.24, 2.45) is 5.92 Å². The highest BCUT2D eigenvalue weighted by molar-refractivity contribution is 5.73. The van der Waals surface area contributed by atoms with Crippen molar-refractivity contribution < 1.29 is 0 Å². The average Bonchev–Trinajstić information content (AvgIpc) is 2.42. The van der Waals surface area contributed by atoms with Crippen molar-refractivity contribution in [3.63, 3.8) is 0 Å². The molecule has 0 aliphatic carbocycles. The van der Waals surface area contributed by atoms with E-state index in [1.54, 1.807) is 12.4 Å². The Hall–Kier alpha value is -2.17. The summed E-state index contributed by atoms with van der Waals surface area (Å²) in [6.45, 7) is 5.27. The largest absolute Gasteiger partial charge is 0.380 e. The SMILES string of the molecule is CC(C)CNc1c(NCc2ccncc2)c(=O)c1=O. The number of hydrogen-bond donors (Lipinski definition) is 2. The van der Waals surface area contributed by atoms with Gasteiger partial charge in [0.15, 0.2) is 0 Å². The molecule has 1 aromatic heterocycles. The van der Waals surface area contributed by atoms with Crippen molar-refractivity contribution in [3.8, 4) is 0 Å². The molecule has 0 aliphatic heterocycles. The molecule has 5 nitrogen and oxygen atoms in total. The predicted molar refractivity (Wildman–Crippen MR) is 76.2 cm³/mol. The number of nitrogens with one attached hydrogen (secondary N) is 2. The van der Waals surface area contributed by atoms with Crippen LogP contribution in [0.4, 0.5) is 11.4 Å². The van der Waals surface area contributed by atoms with Gasteiger partial charge in [-0.05, 0) is 23.6 Å². The molecular weight excluding hydrogens is 242 g/mol. The Morgan fingerprint density at radius 1 is 1.05 bits per heavy atom. The van der Waals surface area contributed by atoms with Gasteiger partial charge in [-0.2, -0.15) is 0 Å². The Kier molecular flexibility index (Phi) is 3.94. The van der Waals surface area contributed by atoms with Crippen molar-refractivity contribution in [3.05, 3.63) is 50.5 Å². The van der Waals surface area contributed by atoms with Gasteiger partial charge in [-0.15, -0.1) is 0 Å². The smallest absolute Gasteiger partial charge is 0.253 e. The van der Waals surface area contributed by atoms with E-state index in [0.29, 0.717) is 30.4 Å². The maximum Gasteiger partial charge on any atom is 0.253 e. The number of hydrogen-bond acceptors (Lipinski definition) is 5. The van der Waals surface area contributed by atoms with Crippen LogP contribution in [0.3, 0.4) is 0 Å². The number of pyridine rings is 1. The van der Waals surface area contributed by atoms with E-state index in [1.807, 2.05) is 26.0 Å². The first-order valence-electron chi connectivity index (χ1n) is 6.29. The summed E-state index contributed by atoms with van der Waals surface area (Å²) in [6, 6.07) is 3.72. The first-order chi connectivity index (χ1) is 9.09. The fraction of sp³-hybridized carbons (Fsp3) is 0.357. The van der Waals surface area contributed by atoms with Gasteiger partial charge in [0.2, 0.25) is 0 Å². The predicted octanol–water partition coefficient (Wildman–Crippen LogP) is 1.36. The van der Waals surface area contributed by atoms with E-state index in [1.165, 1.54) is 0 Å². The lowest BCUT2D eigenvalue weighted by Gasteiger charge is -2.15. The van der Waals surface area contributed by atoms with Crippen LogP contribution in [-0.2, 0) is 6.54 Å². The first kappa shape index (κ1) is 13.3. The van der Waals surface area contributed by atoms with Crippen molar-refractivity contribution in [1.29, 1.82) is 0 Å². The third-order valence-corrected chi connectivity index (χ3v) is 2.82. The molecule has 0 fully saturated rings. The quantitative estimate of drug-likeness (QED) is 0.766. The van der Waals surface area contributed by atoms with Crippen LogP contribution in [0.5, 0.6) is 0 Å². The molecule has 0 saturated heterocycles. The van der Waals surface area contributed by atoms with Gasteiger partial charge in [0.05, 0.1) is 0 Å². The van der Waals surface area contributed by atoms with Gasteiger partial charge in [0.25, 0.3) is 10.9 Å². The standard InChI is InChI=1S/C14H17N3O2/c1-9(2)7-16-11-12(14(19)13(11)18)17-8-10-3-5-15-6-4-10/h3-6,9,16-17H,7-8H2,1-2H3. The number of aromatic nitrogens is 1. The van der Waals surface area contributed by atoms with Crippen LogP contribution in [-0.4, -0.2) is 11.5 Å². The molecule has 0 spiro atoms. The lowest BCUT2D eigenvalue weighted by molar-refractivity contribution is 0.688. The zero-order valence-corrected chi connectivity index (χ0v) is 11.1. The van der Waals surface area contributed by atoms with E-state index in [4.69, 9.17) is 0 Å². The summed E-state index contributed by atoms with van der Waals surface area (Å²) in [5.74, 6) is 0.414. The zero-order chi connectivity index (χ0) is 13.8. The minimum Gasteiger partial charge on any atom is -0.380 e. The minimum atomic E-state index is -0.444. The molecule has 1 aromatic carbocycles. The highest BCUT2D eigenvalue weighted by atomic mass is 16.2. The average molecular weight is 259 g/mol. The van der Waals surface area contributed by atoms with Crippen LogP contribution < -0.4 is 21.5 Å².